The van der Waals surface area contributed by atoms with Gasteiger partial charge in [0.2, 0.25) is 5.91 Å². The molecule has 1 N–H and O–H groups in total. The number of carbonyl (C=O) groups excluding carboxylic acids is 1. The number of benzene rings is 2. The maximum Gasteiger partial charge on any atom is 0.247 e. The number of amides is 1. The van der Waals surface area contributed by atoms with Gasteiger partial charge in [0, 0.05) is 25.3 Å². The van der Waals surface area contributed by atoms with Gasteiger partial charge in [-0.15, -0.1) is 0 Å². The molecule has 5 heteroatoms. The normalized spacial score (nSPS) is 19.6. The quantitative estimate of drug-likeness (QED) is 0.920. The van der Waals surface area contributed by atoms with Crippen molar-refractivity contribution >= 4 is 11.6 Å². The van der Waals surface area contributed by atoms with Crippen molar-refractivity contribution in [2.45, 2.75) is 24.9 Å². The molecule has 2 saturated heterocycles. The van der Waals surface area contributed by atoms with Crippen LogP contribution in [0, 0.1) is 0 Å². The molecule has 0 bridgehead atoms. The van der Waals surface area contributed by atoms with Crippen molar-refractivity contribution in [2.24, 2.45) is 0 Å². The fourth-order valence-corrected chi connectivity index (χ4v) is 4.10. The molecule has 0 aromatic heterocycles. The van der Waals surface area contributed by atoms with Crippen LogP contribution >= 0.6 is 0 Å². The predicted octanol–water partition coefficient (Wildman–Crippen LogP) is 2.62. The topological polar surface area (TPSA) is 44.8 Å². The van der Waals surface area contributed by atoms with E-state index < -0.39 is 5.54 Å². The first-order chi connectivity index (χ1) is 12.7. The van der Waals surface area contributed by atoms with Crippen LogP contribution in [0.5, 0.6) is 5.75 Å². The third-order valence-corrected chi connectivity index (χ3v) is 5.65. The molecule has 0 unspecified atom stereocenters. The molecule has 1 amide bonds. The van der Waals surface area contributed by atoms with Gasteiger partial charge in [-0.2, -0.15) is 0 Å². The smallest absolute Gasteiger partial charge is 0.247 e. The molecule has 2 aliphatic rings. The Kier molecular flexibility index (Phi) is 4.55. The maximum absolute atomic E-state index is 12.7. The summed E-state index contributed by atoms with van der Waals surface area (Å²) in [6.45, 7) is 3.35. The number of rotatable bonds is 4. The molecular weight excluding hydrogens is 326 g/mol. The molecule has 5 nitrogen and oxygen atoms in total. The molecule has 0 radical (unpaired) electrons. The molecule has 2 fully saturated rings. The van der Waals surface area contributed by atoms with Gasteiger partial charge in [-0.05, 0) is 42.7 Å². The summed E-state index contributed by atoms with van der Waals surface area (Å²) in [5.74, 6) is 1.05. The van der Waals surface area contributed by atoms with Crippen LogP contribution in [0.1, 0.15) is 18.4 Å². The zero-order valence-corrected chi connectivity index (χ0v) is 15.1. The lowest BCUT2D eigenvalue weighted by Crippen LogP contribution is -2.56. The highest BCUT2D eigenvalue weighted by Crippen LogP contribution is 2.36. The van der Waals surface area contributed by atoms with Crippen molar-refractivity contribution in [1.82, 2.24) is 10.2 Å². The molecule has 4 rings (SSSR count). The molecule has 0 atom stereocenters. The van der Waals surface area contributed by atoms with Crippen molar-refractivity contribution in [3.8, 4) is 5.75 Å². The lowest BCUT2D eigenvalue weighted by Gasteiger charge is -2.43. The molecule has 2 aromatic carbocycles. The molecule has 2 aliphatic heterocycles. The lowest BCUT2D eigenvalue weighted by atomic mass is 9.85. The Morgan fingerprint density at radius 2 is 1.73 bits per heavy atom. The van der Waals surface area contributed by atoms with Crippen molar-refractivity contribution < 1.29 is 9.53 Å². The third-order valence-electron chi connectivity index (χ3n) is 5.65. The van der Waals surface area contributed by atoms with Crippen LogP contribution < -0.4 is 15.0 Å². The average molecular weight is 351 g/mol. The number of ether oxygens (including phenoxy) is 1. The fraction of sp³-hybridized carbons (Fsp3) is 0.381. The van der Waals surface area contributed by atoms with Gasteiger partial charge in [0.05, 0.1) is 13.8 Å². The summed E-state index contributed by atoms with van der Waals surface area (Å²) in [5, 5.41) is 3.06. The molecule has 136 valence electrons. The summed E-state index contributed by atoms with van der Waals surface area (Å²) in [5.41, 5.74) is 1.99. The number of hydrogen-bond acceptors (Lipinski definition) is 4. The second-order valence-electron chi connectivity index (χ2n) is 7.08. The van der Waals surface area contributed by atoms with E-state index in [1.54, 1.807) is 7.11 Å². The summed E-state index contributed by atoms with van der Waals surface area (Å²) < 4.78 is 5.22. The number of anilines is 1. The van der Waals surface area contributed by atoms with Crippen LogP contribution in [0.3, 0.4) is 0 Å². The highest BCUT2D eigenvalue weighted by molar-refractivity contribution is 5.93. The molecule has 2 heterocycles. The van der Waals surface area contributed by atoms with Gasteiger partial charge in [-0.3, -0.25) is 9.69 Å². The number of hydrogen-bond donors (Lipinski definition) is 1. The van der Waals surface area contributed by atoms with E-state index in [0.717, 1.165) is 43.9 Å². The van der Waals surface area contributed by atoms with E-state index >= 15 is 0 Å². The van der Waals surface area contributed by atoms with E-state index in [2.05, 4.69) is 39.4 Å². The number of piperidine rings is 1. The zero-order valence-electron chi connectivity index (χ0n) is 15.1. The van der Waals surface area contributed by atoms with Crippen LogP contribution in [-0.2, 0) is 11.3 Å². The minimum absolute atomic E-state index is 0.172. The van der Waals surface area contributed by atoms with Crippen LogP contribution in [-0.4, -0.2) is 43.2 Å². The minimum Gasteiger partial charge on any atom is -0.497 e. The van der Waals surface area contributed by atoms with Gasteiger partial charge >= 0.3 is 0 Å². The van der Waals surface area contributed by atoms with Gasteiger partial charge in [0.1, 0.15) is 11.3 Å². The van der Waals surface area contributed by atoms with Crippen molar-refractivity contribution in [3.63, 3.8) is 0 Å². The molecule has 1 spiro atoms. The van der Waals surface area contributed by atoms with Gasteiger partial charge in [-0.1, -0.05) is 30.3 Å². The summed E-state index contributed by atoms with van der Waals surface area (Å²) >= 11 is 0. The van der Waals surface area contributed by atoms with Crippen LogP contribution in [0.4, 0.5) is 5.69 Å². The van der Waals surface area contributed by atoms with E-state index in [0.29, 0.717) is 6.67 Å². The summed E-state index contributed by atoms with van der Waals surface area (Å²) in [4.78, 5) is 17.4. The first-order valence-electron chi connectivity index (χ1n) is 9.17. The average Bonchev–Trinajstić information content (AvgIpc) is 3.01. The largest absolute Gasteiger partial charge is 0.497 e. The monoisotopic (exact) mass is 351 g/mol. The molecule has 26 heavy (non-hydrogen) atoms. The Morgan fingerprint density at radius 1 is 1.04 bits per heavy atom. The van der Waals surface area contributed by atoms with Gasteiger partial charge in [0.15, 0.2) is 0 Å². The van der Waals surface area contributed by atoms with Gasteiger partial charge in [0.25, 0.3) is 0 Å². The summed E-state index contributed by atoms with van der Waals surface area (Å²) in [6.07, 6.45) is 1.70. The standard InChI is InChI=1S/C21H25N3O2/c1-26-19-9-7-17(8-10-19)15-23-13-11-21(12-14-23)20(25)22-16-24(21)18-5-3-2-4-6-18/h2-10H,11-16H2,1H3,(H,22,25). The number of methoxy groups -OCH3 is 1. The number of carbonyl (C=O) groups is 1. The Balaban J connectivity index is 1.44. The molecule has 0 saturated carbocycles. The molecule has 0 aliphatic carbocycles. The van der Waals surface area contributed by atoms with Crippen molar-refractivity contribution in [2.75, 3.05) is 31.8 Å². The van der Waals surface area contributed by atoms with Crippen molar-refractivity contribution in [1.29, 1.82) is 0 Å². The second kappa shape index (κ2) is 7.00. The van der Waals surface area contributed by atoms with Gasteiger partial charge < -0.3 is 15.0 Å². The second-order valence-corrected chi connectivity index (χ2v) is 7.08. The first-order valence-corrected chi connectivity index (χ1v) is 9.17. The minimum atomic E-state index is -0.405. The van der Waals surface area contributed by atoms with E-state index in [4.69, 9.17) is 4.74 Å². The van der Waals surface area contributed by atoms with Crippen LogP contribution in [0.2, 0.25) is 0 Å². The van der Waals surface area contributed by atoms with E-state index in [1.807, 2.05) is 30.3 Å². The van der Waals surface area contributed by atoms with E-state index in [-0.39, 0.29) is 5.91 Å². The van der Waals surface area contributed by atoms with Crippen molar-refractivity contribution in [3.05, 3.63) is 60.2 Å². The van der Waals surface area contributed by atoms with Crippen LogP contribution in [0.25, 0.3) is 0 Å². The predicted molar refractivity (Wildman–Crippen MR) is 102 cm³/mol. The Morgan fingerprint density at radius 3 is 2.38 bits per heavy atom. The van der Waals surface area contributed by atoms with E-state index in [1.165, 1.54) is 5.56 Å². The molecule has 2 aromatic rings. The highest BCUT2D eigenvalue weighted by Gasteiger charge is 2.50. The maximum atomic E-state index is 12.7. The Labute approximate surface area is 154 Å². The number of para-hydroxylation sites is 1. The fourth-order valence-electron chi connectivity index (χ4n) is 4.10. The SMILES string of the molecule is COc1ccc(CN2CCC3(CC2)C(=O)NCN3c2ccccc2)cc1. The summed E-state index contributed by atoms with van der Waals surface area (Å²) in [6, 6.07) is 18.5. The third kappa shape index (κ3) is 3.03. The van der Waals surface area contributed by atoms with Gasteiger partial charge in [-0.25, -0.2) is 0 Å². The highest BCUT2D eigenvalue weighted by atomic mass is 16.5. The molecular formula is C21H25N3O2. The Hall–Kier alpha value is -2.53. The lowest BCUT2D eigenvalue weighted by molar-refractivity contribution is -0.125. The number of nitrogens with zero attached hydrogens (tertiary/aromatic N) is 2. The first kappa shape index (κ1) is 16.9. The summed E-state index contributed by atoms with van der Waals surface area (Å²) in [7, 11) is 1.68. The van der Waals surface area contributed by atoms with Crippen LogP contribution in [0.15, 0.2) is 54.6 Å². The van der Waals surface area contributed by atoms with E-state index in [9.17, 15) is 4.79 Å². The number of likely N-dealkylation sites (tertiary alicyclic amines) is 1. The Bertz CT molecular complexity index is 753. The zero-order chi connectivity index (χ0) is 18.0. The number of nitrogens with one attached hydrogen (secondary N) is 1.